The summed E-state index contributed by atoms with van der Waals surface area (Å²) in [6.07, 6.45) is 1.14. The fourth-order valence-electron chi connectivity index (χ4n) is 4.26. The standard InChI is InChI=1S/C27H31NO6.2C2H4O2/c1-5-19-6-8-20(9-7-19)10-21-11-25(26(31-4)12-22(21)15-28)27-14-23(33-18(3)30)13-24(34-27)16-32-17(2)29;2*1-2(3)4/h6-9,11-12,23-24,27H,5,10,13-14,16H2,1-4H3;2*1H3,(H,3,4). The molecule has 11 nitrogen and oxygen atoms in total. The van der Waals surface area contributed by atoms with Gasteiger partial charge in [0.2, 0.25) is 0 Å². The minimum atomic E-state index is -0.833. The zero-order valence-corrected chi connectivity index (χ0v) is 24.8. The first-order chi connectivity index (χ1) is 19.8. The van der Waals surface area contributed by atoms with Crippen molar-refractivity contribution in [3.05, 3.63) is 64.2 Å². The molecule has 2 aromatic rings. The van der Waals surface area contributed by atoms with Crippen molar-refractivity contribution < 1.29 is 48.3 Å². The monoisotopic (exact) mass is 585 g/mol. The molecule has 0 spiro atoms. The predicted molar refractivity (Wildman–Crippen MR) is 152 cm³/mol. The Kier molecular flexibility index (Phi) is 15.3. The molecule has 0 amide bonds. The first-order valence-corrected chi connectivity index (χ1v) is 13.3. The molecular weight excluding hydrogens is 546 g/mol. The number of nitrogens with zero attached hydrogens (tertiary/aromatic N) is 1. The van der Waals surface area contributed by atoms with Gasteiger partial charge in [0.1, 0.15) is 18.5 Å². The quantitative estimate of drug-likeness (QED) is 0.415. The van der Waals surface area contributed by atoms with Gasteiger partial charge in [-0.2, -0.15) is 5.26 Å². The highest BCUT2D eigenvalue weighted by Gasteiger charge is 2.34. The maximum atomic E-state index is 11.6. The summed E-state index contributed by atoms with van der Waals surface area (Å²) in [6, 6.07) is 14.3. The molecule has 0 saturated carbocycles. The van der Waals surface area contributed by atoms with Crippen LogP contribution in [0.15, 0.2) is 36.4 Å². The van der Waals surface area contributed by atoms with Crippen molar-refractivity contribution in [1.82, 2.24) is 0 Å². The summed E-state index contributed by atoms with van der Waals surface area (Å²) in [5.74, 6) is -1.91. The van der Waals surface area contributed by atoms with E-state index < -0.39 is 30.1 Å². The Morgan fingerprint density at radius 1 is 0.952 bits per heavy atom. The van der Waals surface area contributed by atoms with E-state index in [0.29, 0.717) is 30.6 Å². The molecule has 1 aliphatic heterocycles. The molecule has 228 valence electrons. The van der Waals surface area contributed by atoms with Crippen LogP contribution in [-0.2, 0) is 46.2 Å². The summed E-state index contributed by atoms with van der Waals surface area (Å²) < 4.78 is 22.5. The van der Waals surface area contributed by atoms with Crippen LogP contribution in [0, 0.1) is 11.3 Å². The Morgan fingerprint density at radius 2 is 1.52 bits per heavy atom. The molecule has 0 aliphatic carbocycles. The minimum absolute atomic E-state index is 0.0683. The van der Waals surface area contributed by atoms with Gasteiger partial charge in [0, 0.05) is 46.1 Å². The highest BCUT2D eigenvalue weighted by molar-refractivity contribution is 5.66. The van der Waals surface area contributed by atoms with Crippen LogP contribution < -0.4 is 4.74 Å². The number of hydrogen-bond acceptors (Lipinski definition) is 9. The molecule has 0 aromatic heterocycles. The van der Waals surface area contributed by atoms with Gasteiger partial charge in [-0.1, -0.05) is 31.2 Å². The molecule has 3 unspecified atom stereocenters. The SMILES string of the molecule is CC(=O)O.CC(=O)O.CCc1ccc(Cc2cc(C3CC(OC(C)=O)CC(COC(C)=O)O3)c(OC)cc2C#N)cc1. The number of hydrogen-bond donors (Lipinski definition) is 2. The summed E-state index contributed by atoms with van der Waals surface area (Å²) in [5.41, 5.74) is 4.51. The number of carbonyl (C=O) groups excluding carboxylic acids is 2. The molecule has 3 atom stereocenters. The van der Waals surface area contributed by atoms with Gasteiger partial charge < -0.3 is 29.2 Å². The number of carboxylic acid groups (broad SMARTS) is 2. The Balaban J connectivity index is 0.000000978. The number of carbonyl (C=O) groups is 4. The molecule has 3 rings (SSSR count). The molecule has 1 aliphatic rings. The number of benzene rings is 2. The van der Waals surface area contributed by atoms with E-state index in [0.717, 1.165) is 37.0 Å². The number of methoxy groups -OCH3 is 1. The minimum Gasteiger partial charge on any atom is -0.496 e. The maximum absolute atomic E-state index is 11.6. The summed E-state index contributed by atoms with van der Waals surface area (Å²) in [5, 5.41) is 24.6. The van der Waals surface area contributed by atoms with E-state index in [-0.39, 0.29) is 18.7 Å². The van der Waals surface area contributed by atoms with E-state index in [1.807, 2.05) is 6.07 Å². The highest BCUT2D eigenvalue weighted by atomic mass is 16.6. The second kappa shape index (κ2) is 18.1. The number of ether oxygens (including phenoxy) is 4. The van der Waals surface area contributed by atoms with Crippen LogP contribution in [0.2, 0.25) is 0 Å². The average molecular weight is 586 g/mol. The lowest BCUT2D eigenvalue weighted by Gasteiger charge is -2.35. The Hall–Kier alpha value is -4.43. The smallest absolute Gasteiger partial charge is 0.302 e. The summed E-state index contributed by atoms with van der Waals surface area (Å²) in [6.45, 7) is 7.06. The second-order valence-electron chi connectivity index (χ2n) is 9.50. The third-order valence-corrected chi connectivity index (χ3v) is 5.91. The Labute approximate surface area is 246 Å². The van der Waals surface area contributed by atoms with E-state index >= 15 is 0 Å². The van der Waals surface area contributed by atoms with Gasteiger partial charge >= 0.3 is 11.9 Å². The zero-order valence-electron chi connectivity index (χ0n) is 24.8. The average Bonchev–Trinajstić information content (AvgIpc) is 2.91. The van der Waals surface area contributed by atoms with Crippen molar-refractivity contribution >= 4 is 23.9 Å². The molecule has 0 radical (unpaired) electrons. The molecule has 42 heavy (non-hydrogen) atoms. The topological polar surface area (TPSA) is 169 Å². The van der Waals surface area contributed by atoms with Gasteiger partial charge in [0.15, 0.2) is 0 Å². The lowest BCUT2D eigenvalue weighted by Crippen LogP contribution is -2.37. The van der Waals surface area contributed by atoms with E-state index in [1.54, 1.807) is 13.2 Å². The molecule has 2 aromatic carbocycles. The van der Waals surface area contributed by atoms with Gasteiger partial charge in [0.05, 0.1) is 31.0 Å². The third-order valence-electron chi connectivity index (χ3n) is 5.91. The molecule has 2 N–H and O–H groups in total. The van der Waals surface area contributed by atoms with E-state index in [1.165, 1.54) is 19.4 Å². The number of rotatable bonds is 8. The predicted octanol–water partition coefficient (Wildman–Crippen LogP) is 4.62. The molecule has 0 bridgehead atoms. The van der Waals surface area contributed by atoms with Gasteiger partial charge in [-0.05, 0) is 41.7 Å². The summed E-state index contributed by atoms with van der Waals surface area (Å²) in [7, 11) is 1.55. The second-order valence-corrected chi connectivity index (χ2v) is 9.50. The van der Waals surface area contributed by atoms with Crippen molar-refractivity contribution in [3.8, 4) is 11.8 Å². The molecule has 11 heteroatoms. The first kappa shape index (κ1) is 35.6. The lowest BCUT2D eigenvalue weighted by molar-refractivity contribution is -0.169. The number of nitriles is 1. The van der Waals surface area contributed by atoms with E-state index in [9.17, 15) is 14.9 Å². The molecular formula is C31H39NO10. The van der Waals surface area contributed by atoms with Gasteiger partial charge in [0.25, 0.3) is 11.9 Å². The maximum Gasteiger partial charge on any atom is 0.302 e. The summed E-state index contributed by atoms with van der Waals surface area (Å²) in [4.78, 5) is 40.9. The van der Waals surface area contributed by atoms with Crippen molar-refractivity contribution in [3.63, 3.8) is 0 Å². The van der Waals surface area contributed by atoms with Crippen LogP contribution in [0.3, 0.4) is 0 Å². The normalized spacial score (nSPS) is 17.1. The first-order valence-electron chi connectivity index (χ1n) is 13.3. The third kappa shape index (κ3) is 13.3. The number of aryl methyl sites for hydroxylation is 1. The van der Waals surface area contributed by atoms with Crippen LogP contribution in [0.5, 0.6) is 5.75 Å². The van der Waals surface area contributed by atoms with E-state index in [2.05, 4.69) is 37.3 Å². The Bertz CT molecular complexity index is 1230. The largest absolute Gasteiger partial charge is 0.496 e. The highest BCUT2D eigenvalue weighted by Crippen LogP contribution is 2.39. The molecule has 1 saturated heterocycles. The van der Waals surface area contributed by atoms with Crippen molar-refractivity contribution in [2.45, 2.75) is 78.6 Å². The van der Waals surface area contributed by atoms with Crippen molar-refractivity contribution in [1.29, 1.82) is 5.26 Å². The fourth-order valence-corrected chi connectivity index (χ4v) is 4.26. The van der Waals surface area contributed by atoms with Crippen LogP contribution in [0.4, 0.5) is 0 Å². The summed E-state index contributed by atoms with van der Waals surface area (Å²) >= 11 is 0. The molecule has 1 heterocycles. The number of carboxylic acids is 2. The van der Waals surface area contributed by atoms with Crippen LogP contribution >= 0.6 is 0 Å². The fraction of sp³-hybridized carbons (Fsp3) is 0.452. The van der Waals surface area contributed by atoms with Crippen LogP contribution in [0.1, 0.15) is 81.4 Å². The van der Waals surface area contributed by atoms with Crippen molar-refractivity contribution in [2.75, 3.05) is 13.7 Å². The number of esters is 2. The number of aliphatic carboxylic acids is 2. The van der Waals surface area contributed by atoms with Gasteiger partial charge in [-0.15, -0.1) is 0 Å². The Morgan fingerprint density at radius 3 is 2.00 bits per heavy atom. The molecule has 1 fully saturated rings. The van der Waals surface area contributed by atoms with Gasteiger partial charge in [-0.3, -0.25) is 19.2 Å². The van der Waals surface area contributed by atoms with Crippen LogP contribution in [0.25, 0.3) is 0 Å². The van der Waals surface area contributed by atoms with Gasteiger partial charge in [-0.25, -0.2) is 0 Å². The van der Waals surface area contributed by atoms with Crippen LogP contribution in [-0.4, -0.2) is 60.0 Å². The zero-order chi connectivity index (χ0) is 31.8. The van der Waals surface area contributed by atoms with E-state index in [4.69, 9.17) is 38.7 Å². The van der Waals surface area contributed by atoms with Crippen molar-refractivity contribution in [2.24, 2.45) is 0 Å². The lowest BCUT2D eigenvalue weighted by atomic mass is 9.91.